The van der Waals surface area contributed by atoms with Gasteiger partial charge in [-0.15, -0.1) is 23.2 Å². The minimum atomic E-state index is -4.95. The Morgan fingerprint density at radius 3 is 2.00 bits per heavy atom. The molecule has 1 aliphatic rings. The highest BCUT2D eigenvalue weighted by Crippen LogP contribution is 2.55. The standard InChI is InChI=1S/C12H10Cl2F3N3O4/c13-11(14)5-6(11)1-2-18-10-8(19(21)22)3-7(12(15,16)17)4-9(10)20(23)24/h3-4,6,18H,1-2,5H2/t6-/m1/s1. The zero-order valence-electron chi connectivity index (χ0n) is 11.8. The van der Waals surface area contributed by atoms with Crippen LogP contribution in [-0.2, 0) is 6.18 Å². The Morgan fingerprint density at radius 1 is 1.21 bits per heavy atom. The second kappa shape index (κ2) is 6.25. The number of nitro benzene ring substituents is 2. The first-order chi connectivity index (χ1) is 10.9. The number of rotatable bonds is 6. The lowest BCUT2D eigenvalue weighted by Gasteiger charge is -2.11. The number of alkyl halides is 5. The molecule has 0 aliphatic heterocycles. The lowest BCUT2D eigenvalue weighted by molar-refractivity contribution is -0.392. The number of nitrogens with one attached hydrogen (secondary N) is 1. The third kappa shape index (κ3) is 3.99. The van der Waals surface area contributed by atoms with Crippen LogP contribution in [0.2, 0.25) is 0 Å². The molecule has 1 atom stereocenters. The van der Waals surface area contributed by atoms with E-state index in [1.165, 1.54) is 0 Å². The van der Waals surface area contributed by atoms with Gasteiger partial charge in [0.05, 0.1) is 15.4 Å². The normalized spacial score (nSPS) is 19.0. The molecule has 132 valence electrons. The summed E-state index contributed by atoms with van der Waals surface area (Å²) in [6.07, 6.45) is -4.07. The Kier molecular flexibility index (Phi) is 4.82. The van der Waals surface area contributed by atoms with Gasteiger partial charge in [-0.2, -0.15) is 13.2 Å². The van der Waals surface area contributed by atoms with E-state index in [1.807, 2.05) is 0 Å². The van der Waals surface area contributed by atoms with Crippen molar-refractivity contribution < 1.29 is 23.0 Å². The number of hydrogen-bond donors (Lipinski definition) is 1. The summed E-state index contributed by atoms with van der Waals surface area (Å²) in [7, 11) is 0. The molecule has 1 aromatic carbocycles. The molecule has 1 aromatic rings. The number of nitro groups is 2. The fourth-order valence-electron chi connectivity index (χ4n) is 2.20. The first-order valence-corrected chi connectivity index (χ1v) is 7.35. The van der Waals surface area contributed by atoms with Crippen molar-refractivity contribution >= 4 is 40.3 Å². The molecule has 1 N–H and O–H groups in total. The van der Waals surface area contributed by atoms with Crippen LogP contribution in [0.25, 0.3) is 0 Å². The summed E-state index contributed by atoms with van der Waals surface area (Å²) >= 11 is 11.6. The fourth-order valence-corrected chi connectivity index (χ4v) is 2.79. The highest BCUT2D eigenvalue weighted by molar-refractivity contribution is 6.50. The Morgan fingerprint density at radius 2 is 1.67 bits per heavy atom. The summed E-state index contributed by atoms with van der Waals surface area (Å²) in [5, 5.41) is 24.5. The summed E-state index contributed by atoms with van der Waals surface area (Å²) in [5.41, 5.74) is -4.08. The molecule has 0 saturated heterocycles. The Balaban J connectivity index is 2.33. The monoisotopic (exact) mass is 387 g/mol. The van der Waals surface area contributed by atoms with Gasteiger partial charge in [0.2, 0.25) is 0 Å². The molecule has 0 bridgehead atoms. The maximum absolute atomic E-state index is 12.8. The van der Waals surface area contributed by atoms with Gasteiger partial charge in [0.25, 0.3) is 11.4 Å². The second-order valence-electron chi connectivity index (χ2n) is 5.28. The second-order valence-corrected chi connectivity index (χ2v) is 6.82. The number of anilines is 1. The minimum Gasteiger partial charge on any atom is -0.374 e. The van der Waals surface area contributed by atoms with E-state index in [1.54, 1.807) is 0 Å². The van der Waals surface area contributed by atoms with E-state index in [0.717, 1.165) is 0 Å². The van der Waals surface area contributed by atoms with Crippen molar-refractivity contribution in [3.63, 3.8) is 0 Å². The highest BCUT2D eigenvalue weighted by atomic mass is 35.5. The number of benzene rings is 1. The molecule has 0 heterocycles. The maximum Gasteiger partial charge on any atom is 0.416 e. The van der Waals surface area contributed by atoms with Crippen LogP contribution in [0.4, 0.5) is 30.2 Å². The van der Waals surface area contributed by atoms with Crippen molar-refractivity contribution in [2.75, 3.05) is 11.9 Å². The first kappa shape index (κ1) is 18.5. The van der Waals surface area contributed by atoms with E-state index < -0.39 is 43.0 Å². The third-order valence-corrected chi connectivity index (χ3v) is 4.49. The molecule has 0 unspecified atom stereocenters. The molecule has 0 amide bonds. The van der Waals surface area contributed by atoms with E-state index in [4.69, 9.17) is 23.2 Å². The van der Waals surface area contributed by atoms with Gasteiger partial charge in [-0.1, -0.05) is 0 Å². The SMILES string of the molecule is O=[N+]([O-])c1cc(C(F)(F)F)cc([N+](=O)[O-])c1NCC[C@@H]1CC1(Cl)Cl. The fraction of sp³-hybridized carbons (Fsp3) is 0.500. The predicted octanol–water partition coefficient (Wildman–Crippen LogP) is 4.52. The van der Waals surface area contributed by atoms with Gasteiger partial charge in [0.15, 0.2) is 5.69 Å². The van der Waals surface area contributed by atoms with Gasteiger partial charge >= 0.3 is 6.18 Å². The minimum absolute atomic E-state index is 0.0406. The summed E-state index contributed by atoms with van der Waals surface area (Å²) in [6.45, 7) is 0.0406. The molecule has 24 heavy (non-hydrogen) atoms. The van der Waals surface area contributed by atoms with Gasteiger partial charge in [-0.3, -0.25) is 20.2 Å². The molecular weight excluding hydrogens is 378 g/mol. The molecule has 2 rings (SSSR count). The van der Waals surface area contributed by atoms with E-state index >= 15 is 0 Å². The molecule has 0 spiro atoms. The zero-order chi connectivity index (χ0) is 18.3. The number of halogens is 5. The Bertz CT molecular complexity index is 662. The van der Waals surface area contributed by atoms with Crippen LogP contribution >= 0.6 is 23.2 Å². The predicted molar refractivity (Wildman–Crippen MR) is 80.4 cm³/mol. The molecule has 7 nitrogen and oxygen atoms in total. The lowest BCUT2D eigenvalue weighted by atomic mass is 10.1. The zero-order valence-corrected chi connectivity index (χ0v) is 13.3. The average molecular weight is 388 g/mol. The van der Waals surface area contributed by atoms with Crippen LogP contribution < -0.4 is 5.32 Å². The molecule has 1 aliphatic carbocycles. The summed E-state index contributed by atoms with van der Waals surface area (Å²) in [4.78, 5) is 19.8. The summed E-state index contributed by atoms with van der Waals surface area (Å²) < 4.78 is 37.4. The van der Waals surface area contributed by atoms with Crippen LogP contribution in [-0.4, -0.2) is 20.7 Å². The molecule has 1 saturated carbocycles. The lowest BCUT2D eigenvalue weighted by Crippen LogP contribution is -2.12. The van der Waals surface area contributed by atoms with Gasteiger partial charge < -0.3 is 5.32 Å². The van der Waals surface area contributed by atoms with Crippen LogP contribution in [0.5, 0.6) is 0 Å². The van der Waals surface area contributed by atoms with E-state index in [0.29, 0.717) is 12.8 Å². The first-order valence-electron chi connectivity index (χ1n) is 6.59. The van der Waals surface area contributed by atoms with E-state index in [-0.39, 0.29) is 24.6 Å². The summed E-state index contributed by atoms with van der Waals surface area (Å²) in [5.74, 6) is -0.0825. The molecular formula is C12H10Cl2F3N3O4. The topological polar surface area (TPSA) is 98.3 Å². The third-order valence-electron chi connectivity index (χ3n) is 3.57. The van der Waals surface area contributed by atoms with Gasteiger partial charge in [-0.25, -0.2) is 0 Å². The van der Waals surface area contributed by atoms with Gasteiger partial charge in [-0.05, 0) is 18.8 Å². The highest BCUT2D eigenvalue weighted by Gasteiger charge is 2.50. The molecule has 12 heteroatoms. The average Bonchev–Trinajstić information content (AvgIpc) is 3.04. The van der Waals surface area contributed by atoms with E-state index in [2.05, 4.69) is 5.32 Å². The van der Waals surface area contributed by atoms with Crippen LogP contribution in [0, 0.1) is 26.1 Å². The van der Waals surface area contributed by atoms with Crippen molar-refractivity contribution in [2.24, 2.45) is 5.92 Å². The molecule has 0 aromatic heterocycles. The summed E-state index contributed by atoms with van der Waals surface area (Å²) in [6, 6.07) is 0.527. The van der Waals surface area contributed by atoms with E-state index in [9.17, 15) is 33.4 Å². The maximum atomic E-state index is 12.8. The van der Waals surface area contributed by atoms with Crippen LogP contribution in [0.3, 0.4) is 0 Å². The quantitative estimate of drug-likeness (QED) is 0.439. The van der Waals surface area contributed by atoms with Crippen molar-refractivity contribution in [3.8, 4) is 0 Å². The van der Waals surface area contributed by atoms with Crippen molar-refractivity contribution in [3.05, 3.63) is 37.9 Å². The molecule has 1 fully saturated rings. The molecule has 0 radical (unpaired) electrons. The number of hydrogen-bond acceptors (Lipinski definition) is 5. The number of nitrogens with zero attached hydrogens (tertiary/aromatic N) is 2. The van der Waals surface area contributed by atoms with Crippen LogP contribution in [0.15, 0.2) is 12.1 Å². The van der Waals surface area contributed by atoms with Crippen molar-refractivity contribution in [1.29, 1.82) is 0 Å². The smallest absolute Gasteiger partial charge is 0.374 e. The Hall–Kier alpha value is -1.81. The largest absolute Gasteiger partial charge is 0.416 e. The van der Waals surface area contributed by atoms with Crippen molar-refractivity contribution in [2.45, 2.75) is 23.4 Å². The van der Waals surface area contributed by atoms with Crippen LogP contribution in [0.1, 0.15) is 18.4 Å². The Labute approximate surface area is 143 Å². The van der Waals surface area contributed by atoms with Gasteiger partial charge in [0, 0.05) is 18.7 Å². The van der Waals surface area contributed by atoms with Crippen molar-refractivity contribution in [1.82, 2.24) is 0 Å². The van der Waals surface area contributed by atoms with Gasteiger partial charge in [0.1, 0.15) is 4.33 Å².